The predicted molar refractivity (Wildman–Crippen MR) is 127 cm³/mol. The Bertz CT molecular complexity index is 961. The van der Waals surface area contributed by atoms with Crippen molar-refractivity contribution in [3.05, 3.63) is 11.6 Å². The lowest BCUT2D eigenvalue weighted by molar-refractivity contribution is -0.159. The summed E-state index contributed by atoms with van der Waals surface area (Å²) in [4.78, 5) is 40.4. The number of hydrogen-bond donors (Lipinski definition) is 4. The van der Waals surface area contributed by atoms with Crippen LogP contribution < -0.4 is 5.32 Å². The van der Waals surface area contributed by atoms with Crippen LogP contribution in [0.5, 0.6) is 0 Å². The second-order valence-electron chi connectivity index (χ2n) is 11.4. The number of hydrogen-bond acceptors (Lipinski definition) is 7. The number of amides is 1. The quantitative estimate of drug-likeness (QED) is 0.400. The summed E-state index contributed by atoms with van der Waals surface area (Å²) in [7, 11) is 0. The van der Waals surface area contributed by atoms with Crippen molar-refractivity contribution >= 4 is 23.4 Å². The highest BCUT2D eigenvalue weighted by Crippen LogP contribution is 2.67. The summed E-state index contributed by atoms with van der Waals surface area (Å²) in [6, 6.07) is -1.37. The zero-order valence-electron chi connectivity index (χ0n) is 20.9. The van der Waals surface area contributed by atoms with E-state index in [4.69, 9.17) is 15.1 Å². The van der Waals surface area contributed by atoms with Crippen molar-refractivity contribution in [2.45, 2.75) is 83.8 Å². The maximum Gasteiger partial charge on any atom is 0.328 e. The van der Waals surface area contributed by atoms with E-state index in [1.54, 1.807) is 0 Å². The van der Waals surface area contributed by atoms with Gasteiger partial charge in [0.15, 0.2) is 12.4 Å². The first-order chi connectivity index (χ1) is 16.5. The van der Waals surface area contributed by atoms with Crippen molar-refractivity contribution in [3.63, 3.8) is 0 Å². The second-order valence-corrected chi connectivity index (χ2v) is 11.4. The first kappa shape index (κ1) is 25.8. The number of carbonyl (C=O) groups excluding carboxylic acids is 2. The predicted octanol–water partition coefficient (Wildman–Crippen LogP) is 2.20. The van der Waals surface area contributed by atoms with Crippen molar-refractivity contribution in [3.8, 4) is 0 Å². The Morgan fingerprint density at radius 3 is 2.51 bits per heavy atom. The van der Waals surface area contributed by atoms with Gasteiger partial charge in [-0.3, -0.25) is 9.59 Å². The molecule has 4 aliphatic carbocycles. The number of aliphatic carboxylic acids is 1. The third kappa shape index (κ3) is 4.20. The van der Waals surface area contributed by atoms with E-state index in [-0.39, 0.29) is 16.6 Å². The van der Waals surface area contributed by atoms with Crippen LogP contribution in [0.3, 0.4) is 0 Å². The Balaban J connectivity index is 1.43. The van der Waals surface area contributed by atoms with E-state index < -0.39 is 36.7 Å². The molecule has 0 unspecified atom stereocenters. The van der Waals surface area contributed by atoms with Gasteiger partial charge >= 0.3 is 5.97 Å². The van der Waals surface area contributed by atoms with Gasteiger partial charge in [-0.25, -0.2) is 4.79 Å². The van der Waals surface area contributed by atoms with Crippen molar-refractivity contribution in [2.24, 2.45) is 33.7 Å². The van der Waals surface area contributed by atoms with Gasteiger partial charge in [0.1, 0.15) is 11.6 Å². The van der Waals surface area contributed by atoms with Gasteiger partial charge < -0.3 is 25.5 Å². The Morgan fingerprint density at radius 2 is 1.86 bits per heavy atom. The molecule has 4 rings (SSSR count). The van der Waals surface area contributed by atoms with Crippen molar-refractivity contribution in [1.82, 2.24) is 5.32 Å². The number of carbonyl (C=O) groups is 3. The Kier molecular flexibility index (Phi) is 6.87. The highest BCUT2D eigenvalue weighted by Gasteiger charge is 2.65. The summed E-state index contributed by atoms with van der Waals surface area (Å²) in [5.41, 5.74) is 0.632. The molecule has 0 heterocycles. The molecule has 1 amide bonds. The van der Waals surface area contributed by atoms with Crippen LogP contribution >= 0.6 is 0 Å². The van der Waals surface area contributed by atoms with Crippen LogP contribution in [0.15, 0.2) is 16.8 Å². The molecule has 0 radical (unpaired) electrons. The van der Waals surface area contributed by atoms with Gasteiger partial charge in [-0.1, -0.05) is 24.6 Å². The standard InChI is InChI=1S/C26H38N2O7/c1-15(30)26(34)11-8-20-18-5-4-16-12-17(28-35-14-22(31)27-21(13-29)23(32)33)6-9-24(16,2)19(18)7-10-25(20,26)3/h12,18-21,29,34H,4-11,13-14H2,1-3H3,(H,27,31)(H,32,33)/b28-17-/t18-,19+,20+,21-,24+,25+,26+/m1/s1. The minimum absolute atomic E-state index is 0.0490. The molecule has 0 aromatic carbocycles. The molecule has 0 aromatic heterocycles. The second kappa shape index (κ2) is 9.32. The number of nitrogens with zero attached hydrogens (tertiary/aromatic N) is 1. The Morgan fingerprint density at radius 1 is 1.14 bits per heavy atom. The molecular formula is C26H38N2O7. The topological polar surface area (TPSA) is 146 Å². The van der Waals surface area contributed by atoms with Crippen molar-refractivity contribution in [1.29, 1.82) is 0 Å². The number of fused-ring (bicyclic) bond motifs is 5. The fourth-order valence-electron chi connectivity index (χ4n) is 7.83. The zero-order valence-corrected chi connectivity index (χ0v) is 20.9. The molecule has 0 aromatic rings. The molecule has 0 bridgehead atoms. The van der Waals surface area contributed by atoms with E-state index in [9.17, 15) is 19.5 Å². The molecule has 3 fully saturated rings. The van der Waals surface area contributed by atoms with E-state index >= 15 is 0 Å². The van der Waals surface area contributed by atoms with E-state index in [0.717, 1.165) is 50.7 Å². The van der Waals surface area contributed by atoms with Gasteiger partial charge in [-0.05, 0) is 87.5 Å². The van der Waals surface area contributed by atoms with Gasteiger partial charge in [0, 0.05) is 5.41 Å². The average molecular weight is 491 g/mol. The number of oxime groups is 1. The fraction of sp³-hybridized carbons (Fsp3) is 0.769. The SMILES string of the molecule is CC(=O)[C@@]1(O)CC[C@H]2[C@@H]3CCC4=C/C(=N\OCC(=O)N[C@H](CO)C(=O)O)CC[C@]4(C)[C@H]3CC[C@@]21C. The number of carboxylic acids is 1. The van der Waals surface area contributed by atoms with Crippen molar-refractivity contribution < 1.29 is 34.5 Å². The van der Waals surface area contributed by atoms with Crippen LogP contribution in [0.1, 0.15) is 72.1 Å². The van der Waals surface area contributed by atoms with E-state index in [0.29, 0.717) is 24.2 Å². The maximum absolute atomic E-state index is 12.4. The van der Waals surface area contributed by atoms with E-state index in [2.05, 4.69) is 30.4 Å². The molecule has 4 aliphatic rings. The number of ketones is 1. The van der Waals surface area contributed by atoms with Crippen LogP contribution in [0.4, 0.5) is 0 Å². The maximum atomic E-state index is 12.4. The molecule has 35 heavy (non-hydrogen) atoms. The van der Waals surface area contributed by atoms with Gasteiger partial charge in [0.2, 0.25) is 0 Å². The molecule has 9 nitrogen and oxygen atoms in total. The lowest BCUT2D eigenvalue weighted by atomic mass is 9.46. The van der Waals surface area contributed by atoms with Crippen LogP contribution in [0.2, 0.25) is 0 Å². The summed E-state index contributed by atoms with van der Waals surface area (Å²) >= 11 is 0. The summed E-state index contributed by atoms with van der Waals surface area (Å²) in [6.45, 7) is 4.90. The summed E-state index contributed by atoms with van der Waals surface area (Å²) in [6.07, 6.45) is 9.07. The van der Waals surface area contributed by atoms with Crippen LogP contribution in [-0.2, 0) is 19.2 Å². The molecule has 4 N–H and O–H groups in total. The lowest BCUT2D eigenvalue weighted by Crippen LogP contribution is -2.57. The summed E-state index contributed by atoms with van der Waals surface area (Å²) in [5.74, 6) is -0.696. The van der Waals surface area contributed by atoms with E-state index in [1.165, 1.54) is 12.5 Å². The minimum Gasteiger partial charge on any atom is -0.480 e. The third-order valence-corrected chi connectivity index (χ3v) is 9.90. The Labute approximate surface area is 206 Å². The van der Waals surface area contributed by atoms with Crippen LogP contribution in [0.25, 0.3) is 0 Å². The van der Waals surface area contributed by atoms with Crippen LogP contribution in [-0.4, -0.2) is 63.5 Å². The number of allylic oxidation sites excluding steroid dienone is 2. The summed E-state index contributed by atoms with van der Waals surface area (Å²) in [5, 5.41) is 35.5. The number of rotatable bonds is 7. The normalized spacial score (nSPS) is 40.1. The largest absolute Gasteiger partial charge is 0.480 e. The van der Waals surface area contributed by atoms with Gasteiger partial charge in [0.05, 0.1) is 12.3 Å². The highest BCUT2D eigenvalue weighted by molar-refractivity contribution is 5.96. The zero-order chi connectivity index (χ0) is 25.6. The number of aliphatic hydroxyl groups is 2. The van der Waals surface area contributed by atoms with Gasteiger partial charge in [0.25, 0.3) is 5.91 Å². The Hall–Kier alpha value is -2.26. The monoisotopic (exact) mass is 490 g/mol. The average Bonchev–Trinajstić information content (AvgIpc) is 3.09. The molecule has 3 saturated carbocycles. The molecule has 194 valence electrons. The molecule has 9 heteroatoms. The lowest BCUT2D eigenvalue weighted by Gasteiger charge is -2.59. The molecule has 7 atom stereocenters. The molecule has 0 spiro atoms. The first-order valence-corrected chi connectivity index (χ1v) is 12.7. The number of carboxylic acid groups (broad SMARTS) is 1. The molecule has 0 saturated heterocycles. The summed E-state index contributed by atoms with van der Waals surface area (Å²) < 4.78 is 0. The molecule has 0 aliphatic heterocycles. The van der Waals surface area contributed by atoms with Crippen molar-refractivity contribution in [2.75, 3.05) is 13.2 Å². The van der Waals surface area contributed by atoms with Gasteiger partial charge in [-0.15, -0.1) is 0 Å². The minimum atomic E-state index is -1.37. The number of aliphatic hydroxyl groups excluding tert-OH is 1. The number of nitrogens with one attached hydrogen (secondary N) is 1. The first-order valence-electron chi connectivity index (χ1n) is 12.7. The van der Waals surface area contributed by atoms with Crippen LogP contribution in [0, 0.1) is 28.6 Å². The van der Waals surface area contributed by atoms with E-state index in [1.807, 2.05) is 0 Å². The molecular weight excluding hydrogens is 452 g/mol. The smallest absolute Gasteiger partial charge is 0.328 e. The number of Topliss-reactive ketones (excluding diaryl/α,β-unsaturated/α-hetero) is 1. The van der Waals surface area contributed by atoms with Gasteiger partial charge in [-0.2, -0.15) is 0 Å². The fourth-order valence-corrected chi connectivity index (χ4v) is 7.83. The third-order valence-electron chi connectivity index (χ3n) is 9.90. The highest BCUT2D eigenvalue weighted by atomic mass is 16.6.